The first-order valence-electron chi connectivity index (χ1n) is 8.41. The molecule has 0 bridgehead atoms. The molecule has 0 aromatic rings. The molecule has 1 aliphatic heterocycles. The van der Waals surface area contributed by atoms with Gasteiger partial charge >= 0.3 is 0 Å². The molecule has 4 nitrogen and oxygen atoms in total. The summed E-state index contributed by atoms with van der Waals surface area (Å²) in [6.07, 6.45) is 8.72. The molecular formula is C16H30N2O2. The Balaban J connectivity index is 1.67. The first kappa shape index (κ1) is 15.8. The number of ether oxygens (including phenoxy) is 1. The van der Waals surface area contributed by atoms with E-state index in [0.29, 0.717) is 12.0 Å². The molecule has 4 heteroatoms. The predicted octanol–water partition coefficient (Wildman–Crippen LogP) is 2.09. The minimum Gasteiger partial charge on any atom is -0.378 e. The lowest BCUT2D eigenvalue weighted by Crippen LogP contribution is -2.41. The van der Waals surface area contributed by atoms with Gasteiger partial charge in [-0.2, -0.15) is 0 Å². The van der Waals surface area contributed by atoms with Crippen molar-refractivity contribution in [3.8, 4) is 0 Å². The molecule has 2 rings (SSSR count). The SMILES string of the molecule is CCOC(CCNC(=O)C1CCCNC1)C1CCCC1. The van der Waals surface area contributed by atoms with Gasteiger partial charge < -0.3 is 15.4 Å². The molecule has 1 saturated carbocycles. The van der Waals surface area contributed by atoms with E-state index in [1.165, 1.54) is 25.7 Å². The minimum absolute atomic E-state index is 0.167. The number of amides is 1. The Morgan fingerprint density at radius 1 is 1.30 bits per heavy atom. The van der Waals surface area contributed by atoms with Gasteiger partial charge in [0.1, 0.15) is 0 Å². The van der Waals surface area contributed by atoms with Gasteiger partial charge in [0.05, 0.1) is 12.0 Å². The third-order valence-corrected chi connectivity index (χ3v) is 4.70. The predicted molar refractivity (Wildman–Crippen MR) is 80.6 cm³/mol. The van der Waals surface area contributed by atoms with Crippen molar-refractivity contribution in [2.75, 3.05) is 26.2 Å². The summed E-state index contributed by atoms with van der Waals surface area (Å²) in [6.45, 7) is 5.49. The van der Waals surface area contributed by atoms with E-state index < -0.39 is 0 Å². The Morgan fingerprint density at radius 3 is 2.75 bits per heavy atom. The molecule has 2 fully saturated rings. The van der Waals surface area contributed by atoms with Crippen molar-refractivity contribution in [2.45, 2.75) is 58.0 Å². The van der Waals surface area contributed by atoms with Crippen LogP contribution in [0.4, 0.5) is 0 Å². The van der Waals surface area contributed by atoms with Crippen molar-refractivity contribution in [2.24, 2.45) is 11.8 Å². The second-order valence-electron chi connectivity index (χ2n) is 6.16. The zero-order valence-corrected chi connectivity index (χ0v) is 12.8. The first-order chi connectivity index (χ1) is 9.81. The number of nitrogens with one attached hydrogen (secondary N) is 2. The summed E-state index contributed by atoms with van der Waals surface area (Å²) < 4.78 is 5.89. The molecule has 1 aliphatic carbocycles. The van der Waals surface area contributed by atoms with E-state index in [1.54, 1.807) is 0 Å². The van der Waals surface area contributed by atoms with E-state index in [-0.39, 0.29) is 11.8 Å². The molecule has 116 valence electrons. The monoisotopic (exact) mass is 282 g/mol. The molecule has 1 amide bonds. The lowest BCUT2D eigenvalue weighted by atomic mass is 9.97. The molecule has 2 aliphatic rings. The van der Waals surface area contributed by atoms with Gasteiger partial charge in [0.25, 0.3) is 0 Å². The molecule has 1 saturated heterocycles. The van der Waals surface area contributed by atoms with Crippen LogP contribution < -0.4 is 10.6 Å². The van der Waals surface area contributed by atoms with Gasteiger partial charge in [-0.25, -0.2) is 0 Å². The molecule has 2 unspecified atom stereocenters. The molecular weight excluding hydrogens is 252 g/mol. The number of rotatable bonds is 7. The Bertz CT molecular complexity index is 284. The second-order valence-corrected chi connectivity index (χ2v) is 6.16. The first-order valence-corrected chi connectivity index (χ1v) is 8.41. The largest absolute Gasteiger partial charge is 0.378 e. The Morgan fingerprint density at radius 2 is 2.10 bits per heavy atom. The van der Waals surface area contributed by atoms with Crippen LogP contribution in [0.15, 0.2) is 0 Å². The summed E-state index contributed by atoms with van der Waals surface area (Å²) in [5.41, 5.74) is 0. The zero-order valence-electron chi connectivity index (χ0n) is 12.8. The van der Waals surface area contributed by atoms with Crippen molar-refractivity contribution in [1.29, 1.82) is 0 Å². The standard InChI is InChI=1S/C16H30N2O2/c1-2-20-15(13-6-3-4-7-13)9-11-18-16(19)14-8-5-10-17-12-14/h13-15,17H,2-12H2,1H3,(H,18,19). The van der Waals surface area contributed by atoms with Gasteiger partial charge in [0.15, 0.2) is 0 Å². The average molecular weight is 282 g/mol. The quantitative estimate of drug-likeness (QED) is 0.752. The van der Waals surface area contributed by atoms with Gasteiger partial charge in [-0.1, -0.05) is 12.8 Å². The van der Waals surface area contributed by atoms with Crippen molar-refractivity contribution < 1.29 is 9.53 Å². The van der Waals surface area contributed by atoms with Gasteiger partial charge in [-0.05, 0) is 51.5 Å². The van der Waals surface area contributed by atoms with E-state index in [1.807, 2.05) is 0 Å². The van der Waals surface area contributed by atoms with Crippen LogP contribution in [0.3, 0.4) is 0 Å². The van der Waals surface area contributed by atoms with Crippen LogP contribution in [-0.2, 0) is 9.53 Å². The molecule has 0 aromatic carbocycles. The van der Waals surface area contributed by atoms with Crippen molar-refractivity contribution in [3.05, 3.63) is 0 Å². The molecule has 20 heavy (non-hydrogen) atoms. The van der Waals surface area contributed by atoms with Crippen LogP contribution in [0, 0.1) is 11.8 Å². The highest BCUT2D eigenvalue weighted by Gasteiger charge is 2.26. The van der Waals surface area contributed by atoms with E-state index in [9.17, 15) is 4.79 Å². The van der Waals surface area contributed by atoms with Crippen LogP contribution in [0.5, 0.6) is 0 Å². The Hall–Kier alpha value is -0.610. The third kappa shape index (κ3) is 4.74. The molecule has 2 atom stereocenters. The fourth-order valence-electron chi connectivity index (χ4n) is 3.56. The maximum absolute atomic E-state index is 12.1. The van der Waals surface area contributed by atoms with Gasteiger partial charge in [-0.3, -0.25) is 4.79 Å². The van der Waals surface area contributed by atoms with E-state index in [2.05, 4.69) is 17.6 Å². The summed E-state index contributed by atoms with van der Waals surface area (Å²) in [5.74, 6) is 1.10. The highest BCUT2D eigenvalue weighted by molar-refractivity contribution is 5.78. The summed E-state index contributed by atoms with van der Waals surface area (Å²) in [4.78, 5) is 12.1. The average Bonchev–Trinajstić information content (AvgIpc) is 3.01. The van der Waals surface area contributed by atoms with Crippen LogP contribution >= 0.6 is 0 Å². The maximum Gasteiger partial charge on any atom is 0.224 e. The third-order valence-electron chi connectivity index (χ3n) is 4.70. The number of carbonyl (C=O) groups is 1. The van der Waals surface area contributed by atoms with Crippen LogP contribution in [0.1, 0.15) is 51.9 Å². The second kappa shape index (κ2) is 8.63. The van der Waals surface area contributed by atoms with E-state index in [0.717, 1.165) is 45.5 Å². The molecule has 0 radical (unpaired) electrons. The fourth-order valence-corrected chi connectivity index (χ4v) is 3.56. The van der Waals surface area contributed by atoms with Gasteiger partial charge in [0, 0.05) is 19.7 Å². The number of carbonyl (C=O) groups excluding carboxylic acids is 1. The topological polar surface area (TPSA) is 50.4 Å². The Labute approximate surface area is 123 Å². The normalized spacial score (nSPS) is 25.6. The van der Waals surface area contributed by atoms with Crippen molar-refractivity contribution >= 4 is 5.91 Å². The molecule has 0 aromatic heterocycles. The highest BCUT2D eigenvalue weighted by Crippen LogP contribution is 2.30. The number of hydrogen-bond donors (Lipinski definition) is 2. The lowest BCUT2D eigenvalue weighted by molar-refractivity contribution is -0.125. The molecule has 1 heterocycles. The van der Waals surface area contributed by atoms with E-state index in [4.69, 9.17) is 4.74 Å². The summed E-state index contributed by atoms with van der Waals surface area (Å²) in [6, 6.07) is 0. The van der Waals surface area contributed by atoms with Crippen LogP contribution in [0.2, 0.25) is 0 Å². The van der Waals surface area contributed by atoms with Crippen molar-refractivity contribution in [1.82, 2.24) is 10.6 Å². The minimum atomic E-state index is 0.167. The fraction of sp³-hybridized carbons (Fsp3) is 0.938. The van der Waals surface area contributed by atoms with Crippen LogP contribution in [-0.4, -0.2) is 38.3 Å². The van der Waals surface area contributed by atoms with Gasteiger partial charge in [-0.15, -0.1) is 0 Å². The van der Waals surface area contributed by atoms with Crippen LogP contribution in [0.25, 0.3) is 0 Å². The number of piperidine rings is 1. The lowest BCUT2D eigenvalue weighted by Gasteiger charge is -2.25. The summed E-state index contributed by atoms with van der Waals surface area (Å²) in [5, 5.41) is 6.40. The zero-order chi connectivity index (χ0) is 14.2. The number of hydrogen-bond acceptors (Lipinski definition) is 3. The maximum atomic E-state index is 12.1. The highest BCUT2D eigenvalue weighted by atomic mass is 16.5. The summed E-state index contributed by atoms with van der Waals surface area (Å²) >= 11 is 0. The summed E-state index contributed by atoms with van der Waals surface area (Å²) in [7, 11) is 0. The molecule has 2 N–H and O–H groups in total. The molecule has 0 spiro atoms. The smallest absolute Gasteiger partial charge is 0.224 e. The van der Waals surface area contributed by atoms with Gasteiger partial charge in [0.2, 0.25) is 5.91 Å². The van der Waals surface area contributed by atoms with E-state index >= 15 is 0 Å². The Kier molecular flexibility index (Phi) is 6.80. The van der Waals surface area contributed by atoms with Crippen molar-refractivity contribution in [3.63, 3.8) is 0 Å².